The molecule has 7 nitrogen and oxygen atoms in total. The molecule has 1 unspecified atom stereocenters. The van der Waals surface area contributed by atoms with Crippen molar-refractivity contribution >= 4 is 17.2 Å². The highest BCUT2D eigenvalue weighted by atomic mass is 32.1. The van der Waals surface area contributed by atoms with E-state index in [9.17, 15) is 4.79 Å². The average molecular weight is 470 g/mol. The largest absolute Gasteiger partial charge is 0.493 e. The fraction of sp³-hybridized carbons (Fsp3) is 0.440. The molecule has 176 valence electrons. The van der Waals surface area contributed by atoms with Crippen molar-refractivity contribution in [2.75, 3.05) is 27.4 Å². The number of thiazole rings is 1. The minimum atomic E-state index is -0.0685. The second-order valence-corrected chi connectivity index (χ2v) is 9.28. The molecule has 3 heterocycles. The standard InChI is InChI=1S/C25H31N3O4S/c1-16-20(25(29)26-14-19-6-5-11-32-19)13-22(21-15-33-17(2)27-21)28(16)10-9-18-7-8-23(30-3)24(12-18)31-4/h7-8,12-13,15,19H,5-6,9-11,14H2,1-4H3,(H,26,29). The van der Waals surface area contributed by atoms with Crippen molar-refractivity contribution in [3.05, 3.63) is 51.5 Å². The Labute approximate surface area is 198 Å². The molecule has 1 aliphatic heterocycles. The van der Waals surface area contributed by atoms with Gasteiger partial charge < -0.3 is 24.1 Å². The van der Waals surface area contributed by atoms with Gasteiger partial charge in [0.1, 0.15) is 0 Å². The Morgan fingerprint density at radius 1 is 1.24 bits per heavy atom. The summed E-state index contributed by atoms with van der Waals surface area (Å²) in [6, 6.07) is 7.93. The van der Waals surface area contributed by atoms with Gasteiger partial charge in [-0.05, 0) is 56.9 Å². The van der Waals surface area contributed by atoms with Crippen molar-refractivity contribution in [2.24, 2.45) is 0 Å². The Bertz CT molecular complexity index is 1120. The molecule has 1 amide bonds. The number of ether oxygens (including phenoxy) is 3. The summed E-state index contributed by atoms with van der Waals surface area (Å²) in [6.45, 7) is 6.03. The summed E-state index contributed by atoms with van der Waals surface area (Å²) >= 11 is 1.61. The number of aryl methyl sites for hydroxylation is 2. The Hall–Kier alpha value is -2.84. The zero-order valence-electron chi connectivity index (χ0n) is 19.6. The number of methoxy groups -OCH3 is 2. The van der Waals surface area contributed by atoms with Gasteiger partial charge in [-0.1, -0.05) is 6.07 Å². The summed E-state index contributed by atoms with van der Waals surface area (Å²) in [5, 5.41) is 6.10. The van der Waals surface area contributed by atoms with Gasteiger partial charge in [-0.25, -0.2) is 4.98 Å². The van der Waals surface area contributed by atoms with Gasteiger partial charge in [-0.2, -0.15) is 0 Å². The van der Waals surface area contributed by atoms with E-state index in [1.165, 1.54) is 0 Å². The van der Waals surface area contributed by atoms with Crippen LogP contribution in [-0.4, -0.2) is 48.9 Å². The number of hydrogen-bond donors (Lipinski definition) is 1. The molecule has 1 atom stereocenters. The number of aromatic nitrogens is 2. The van der Waals surface area contributed by atoms with Crippen LogP contribution >= 0.6 is 11.3 Å². The summed E-state index contributed by atoms with van der Waals surface area (Å²) in [5.41, 5.74) is 4.60. The SMILES string of the molecule is COc1ccc(CCn2c(-c3csc(C)n3)cc(C(=O)NCC3CCCO3)c2C)cc1OC. The molecule has 0 spiro atoms. The first kappa shape index (κ1) is 23.3. The summed E-state index contributed by atoms with van der Waals surface area (Å²) < 4.78 is 18.6. The Morgan fingerprint density at radius 2 is 2.06 bits per heavy atom. The number of hydrogen-bond acceptors (Lipinski definition) is 6. The highest BCUT2D eigenvalue weighted by molar-refractivity contribution is 7.09. The molecule has 0 aliphatic carbocycles. The van der Waals surface area contributed by atoms with Gasteiger partial charge in [0.05, 0.1) is 42.3 Å². The van der Waals surface area contributed by atoms with Gasteiger partial charge in [0, 0.05) is 30.8 Å². The zero-order valence-corrected chi connectivity index (χ0v) is 20.5. The predicted molar refractivity (Wildman–Crippen MR) is 130 cm³/mol. The summed E-state index contributed by atoms with van der Waals surface area (Å²) in [6.07, 6.45) is 2.94. The molecule has 2 aromatic heterocycles. The number of rotatable bonds is 9. The van der Waals surface area contributed by atoms with Crippen molar-refractivity contribution < 1.29 is 19.0 Å². The number of carbonyl (C=O) groups is 1. The van der Waals surface area contributed by atoms with Crippen LogP contribution in [0.25, 0.3) is 11.4 Å². The van der Waals surface area contributed by atoms with Crippen LogP contribution < -0.4 is 14.8 Å². The van der Waals surface area contributed by atoms with Crippen molar-refractivity contribution in [1.29, 1.82) is 0 Å². The molecule has 0 bridgehead atoms. The fourth-order valence-corrected chi connectivity index (χ4v) is 4.85. The maximum absolute atomic E-state index is 13.0. The second kappa shape index (κ2) is 10.4. The number of benzene rings is 1. The van der Waals surface area contributed by atoms with Gasteiger partial charge in [0.15, 0.2) is 11.5 Å². The number of nitrogens with one attached hydrogen (secondary N) is 1. The smallest absolute Gasteiger partial charge is 0.253 e. The number of carbonyl (C=O) groups excluding carboxylic acids is 1. The number of amides is 1. The van der Waals surface area contributed by atoms with Crippen LogP contribution in [0.3, 0.4) is 0 Å². The molecule has 1 aliphatic rings. The van der Waals surface area contributed by atoms with Crippen LogP contribution in [0.2, 0.25) is 0 Å². The molecule has 1 saturated heterocycles. The maximum atomic E-state index is 13.0. The van der Waals surface area contributed by atoms with E-state index < -0.39 is 0 Å². The Kier molecular flexibility index (Phi) is 7.35. The topological polar surface area (TPSA) is 74.6 Å². The lowest BCUT2D eigenvalue weighted by Crippen LogP contribution is -2.32. The summed E-state index contributed by atoms with van der Waals surface area (Å²) in [5.74, 6) is 1.35. The van der Waals surface area contributed by atoms with E-state index in [4.69, 9.17) is 14.2 Å². The Balaban J connectivity index is 1.58. The van der Waals surface area contributed by atoms with Gasteiger partial charge in [0.2, 0.25) is 0 Å². The lowest BCUT2D eigenvalue weighted by atomic mass is 10.1. The molecule has 8 heteroatoms. The molecule has 3 aromatic rings. The molecule has 4 rings (SSSR count). The van der Waals surface area contributed by atoms with Crippen LogP contribution in [0.4, 0.5) is 0 Å². The van der Waals surface area contributed by atoms with E-state index in [0.29, 0.717) is 30.2 Å². The first-order chi connectivity index (χ1) is 16.0. The molecule has 0 radical (unpaired) electrons. The fourth-order valence-electron chi connectivity index (χ4n) is 4.24. The molecule has 0 saturated carbocycles. The normalized spacial score (nSPS) is 15.6. The van der Waals surface area contributed by atoms with E-state index in [0.717, 1.165) is 53.5 Å². The third-order valence-electron chi connectivity index (χ3n) is 6.08. The quantitative estimate of drug-likeness (QED) is 0.503. The van der Waals surface area contributed by atoms with Gasteiger partial charge in [0.25, 0.3) is 5.91 Å². The molecular formula is C25H31N3O4S. The lowest BCUT2D eigenvalue weighted by Gasteiger charge is -2.13. The van der Waals surface area contributed by atoms with E-state index in [2.05, 4.69) is 14.9 Å². The van der Waals surface area contributed by atoms with E-state index in [-0.39, 0.29) is 12.0 Å². The van der Waals surface area contributed by atoms with Crippen LogP contribution in [0.15, 0.2) is 29.6 Å². The zero-order chi connectivity index (χ0) is 23.4. The monoisotopic (exact) mass is 469 g/mol. The minimum absolute atomic E-state index is 0.0685. The lowest BCUT2D eigenvalue weighted by molar-refractivity contribution is 0.0857. The first-order valence-electron chi connectivity index (χ1n) is 11.2. The van der Waals surface area contributed by atoms with Crippen molar-refractivity contribution in [2.45, 2.75) is 45.8 Å². The van der Waals surface area contributed by atoms with Crippen molar-refractivity contribution in [1.82, 2.24) is 14.9 Å². The van der Waals surface area contributed by atoms with Crippen LogP contribution in [-0.2, 0) is 17.7 Å². The van der Waals surface area contributed by atoms with Crippen LogP contribution in [0.5, 0.6) is 11.5 Å². The molecule has 33 heavy (non-hydrogen) atoms. The second-order valence-electron chi connectivity index (χ2n) is 8.22. The summed E-state index contributed by atoms with van der Waals surface area (Å²) in [4.78, 5) is 17.7. The van der Waals surface area contributed by atoms with Gasteiger partial charge >= 0.3 is 0 Å². The summed E-state index contributed by atoms with van der Waals surface area (Å²) in [7, 11) is 3.27. The average Bonchev–Trinajstić information content (AvgIpc) is 3.56. The maximum Gasteiger partial charge on any atom is 0.253 e. The van der Waals surface area contributed by atoms with Crippen LogP contribution in [0.1, 0.15) is 39.5 Å². The molecule has 1 aromatic carbocycles. The third-order valence-corrected chi connectivity index (χ3v) is 6.85. The minimum Gasteiger partial charge on any atom is -0.493 e. The molecular weight excluding hydrogens is 438 g/mol. The van der Waals surface area contributed by atoms with Gasteiger partial charge in [-0.3, -0.25) is 4.79 Å². The number of nitrogens with zero attached hydrogens (tertiary/aromatic N) is 2. The highest BCUT2D eigenvalue weighted by Gasteiger charge is 2.22. The highest BCUT2D eigenvalue weighted by Crippen LogP contribution is 2.30. The predicted octanol–water partition coefficient (Wildman–Crippen LogP) is 4.40. The third kappa shape index (κ3) is 5.23. The Morgan fingerprint density at radius 3 is 2.73 bits per heavy atom. The molecule has 1 fully saturated rings. The van der Waals surface area contributed by atoms with E-state index in [1.54, 1.807) is 25.6 Å². The molecule has 1 N–H and O–H groups in total. The van der Waals surface area contributed by atoms with Gasteiger partial charge in [-0.15, -0.1) is 11.3 Å². The van der Waals surface area contributed by atoms with Crippen LogP contribution in [0, 0.1) is 13.8 Å². The van der Waals surface area contributed by atoms with E-state index in [1.807, 2.05) is 43.5 Å². The first-order valence-corrected chi connectivity index (χ1v) is 12.1. The van der Waals surface area contributed by atoms with Crippen molar-refractivity contribution in [3.63, 3.8) is 0 Å². The van der Waals surface area contributed by atoms with Crippen molar-refractivity contribution in [3.8, 4) is 22.9 Å². The van der Waals surface area contributed by atoms with E-state index >= 15 is 0 Å².